The fourth-order valence-electron chi connectivity index (χ4n) is 6.59. The van der Waals surface area contributed by atoms with E-state index in [-0.39, 0.29) is 5.41 Å². The Morgan fingerprint density at radius 1 is 0.410 bits per heavy atom. The summed E-state index contributed by atoms with van der Waals surface area (Å²) in [7, 11) is 0. The van der Waals surface area contributed by atoms with Crippen LogP contribution < -0.4 is 0 Å². The second kappa shape index (κ2) is 8.82. The molecule has 1 aliphatic carbocycles. The highest BCUT2D eigenvalue weighted by molar-refractivity contribution is 5.93. The molecule has 6 aromatic carbocycles. The molecule has 0 N–H and O–H groups in total. The van der Waals surface area contributed by atoms with E-state index in [2.05, 4.69) is 149 Å². The largest absolute Gasteiger partial charge is 0.0620 e. The lowest BCUT2D eigenvalue weighted by molar-refractivity contribution is 0.660. The fraction of sp³-hybridized carbons (Fsp3) is 0.128. The van der Waals surface area contributed by atoms with Gasteiger partial charge in [-0.2, -0.15) is 0 Å². The van der Waals surface area contributed by atoms with Gasteiger partial charge in [0, 0.05) is 5.41 Å². The van der Waals surface area contributed by atoms with E-state index in [0.29, 0.717) is 0 Å². The van der Waals surface area contributed by atoms with Crippen LogP contribution in [0.1, 0.15) is 36.1 Å². The van der Waals surface area contributed by atoms with Crippen LogP contribution in [-0.4, -0.2) is 0 Å². The van der Waals surface area contributed by atoms with E-state index >= 15 is 0 Å². The molecule has 0 saturated carbocycles. The van der Waals surface area contributed by atoms with Gasteiger partial charge in [-0.1, -0.05) is 117 Å². The van der Waals surface area contributed by atoms with Crippen LogP contribution in [0.25, 0.3) is 55.3 Å². The molecule has 0 atom stereocenters. The van der Waals surface area contributed by atoms with Gasteiger partial charge < -0.3 is 0 Å². The summed E-state index contributed by atoms with van der Waals surface area (Å²) in [6.07, 6.45) is 0. The topological polar surface area (TPSA) is 0 Å². The molecule has 0 nitrogen and oxygen atoms in total. The van der Waals surface area contributed by atoms with Crippen molar-refractivity contribution in [3.63, 3.8) is 0 Å². The molecule has 6 aromatic rings. The molecular formula is C39H32. The van der Waals surface area contributed by atoms with Crippen molar-refractivity contribution in [2.75, 3.05) is 0 Å². The third-order valence-electron chi connectivity index (χ3n) is 8.84. The van der Waals surface area contributed by atoms with Crippen molar-refractivity contribution >= 4 is 10.8 Å². The number of benzene rings is 6. The van der Waals surface area contributed by atoms with Gasteiger partial charge in [-0.15, -0.1) is 0 Å². The zero-order valence-electron chi connectivity index (χ0n) is 23.0. The molecule has 0 amide bonds. The molecule has 7 rings (SSSR count). The smallest absolute Gasteiger partial charge is 0.0159 e. The van der Waals surface area contributed by atoms with Gasteiger partial charge in [-0.05, 0) is 110 Å². The third-order valence-corrected chi connectivity index (χ3v) is 8.84. The van der Waals surface area contributed by atoms with Gasteiger partial charge in [0.1, 0.15) is 0 Å². The maximum absolute atomic E-state index is 2.41. The predicted octanol–water partition coefficient (Wildman–Crippen LogP) is 10.8. The standard InChI is InChI=1S/C39H32/c1-25-10-5-6-11-32(25)34-14-9-13-33(26(34)2)31-19-18-27-22-28(16-17-29(27)23-31)30-20-21-36-35-12-7-8-15-37(35)39(3,4)38(36)24-30/h5-24H,1-4H3. The molecule has 1 aliphatic rings. The first-order valence-electron chi connectivity index (χ1n) is 13.9. The van der Waals surface area contributed by atoms with Crippen LogP contribution in [0.3, 0.4) is 0 Å². The fourth-order valence-corrected chi connectivity index (χ4v) is 6.59. The van der Waals surface area contributed by atoms with Gasteiger partial charge in [-0.25, -0.2) is 0 Å². The highest BCUT2D eigenvalue weighted by Crippen LogP contribution is 2.49. The molecule has 188 valence electrons. The lowest BCUT2D eigenvalue weighted by Crippen LogP contribution is -2.14. The second-order valence-electron chi connectivity index (χ2n) is 11.5. The summed E-state index contributed by atoms with van der Waals surface area (Å²) in [4.78, 5) is 0. The lowest BCUT2D eigenvalue weighted by Gasteiger charge is -2.22. The van der Waals surface area contributed by atoms with E-state index in [9.17, 15) is 0 Å². The minimum Gasteiger partial charge on any atom is -0.0620 e. The molecular weight excluding hydrogens is 468 g/mol. The zero-order valence-corrected chi connectivity index (χ0v) is 23.0. The van der Waals surface area contributed by atoms with Crippen LogP contribution in [-0.2, 0) is 5.41 Å². The summed E-state index contributed by atoms with van der Waals surface area (Å²) in [5.74, 6) is 0. The number of rotatable bonds is 3. The summed E-state index contributed by atoms with van der Waals surface area (Å²) < 4.78 is 0. The first kappa shape index (κ1) is 23.7. The van der Waals surface area contributed by atoms with E-state index < -0.39 is 0 Å². The van der Waals surface area contributed by atoms with Gasteiger partial charge in [0.2, 0.25) is 0 Å². The molecule has 0 aromatic heterocycles. The monoisotopic (exact) mass is 500 g/mol. The first-order valence-corrected chi connectivity index (χ1v) is 13.9. The molecule has 0 heteroatoms. The summed E-state index contributed by atoms with van der Waals surface area (Å²) in [5, 5.41) is 2.54. The van der Waals surface area contributed by atoms with Crippen molar-refractivity contribution in [2.45, 2.75) is 33.1 Å². The predicted molar refractivity (Wildman–Crippen MR) is 167 cm³/mol. The van der Waals surface area contributed by atoms with Crippen molar-refractivity contribution < 1.29 is 0 Å². The number of hydrogen-bond donors (Lipinski definition) is 0. The van der Waals surface area contributed by atoms with Gasteiger partial charge in [0.25, 0.3) is 0 Å². The Labute approximate surface area is 231 Å². The van der Waals surface area contributed by atoms with Crippen molar-refractivity contribution in [1.29, 1.82) is 0 Å². The molecule has 0 saturated heterocycles. The molecule has 0 fully saturated rings. The highest BCUT2D eigenvalue weighted by atomic mass is 14.4. The van der Waals surface area contributed by atoms with Crippen LogP contribution in [0, 0.1) is 13.8 Å². The maximum Gasteiger partial charge on any atom is 0.0159 e. The van der Waals surface area contributed by atoms with Crippen LogP contribution in [0.5, 0.6) is 0 Å². The number of fused-ring (bicyclic) bond motifs is 4. The molecule has 0 spiro atoms. The Morgan fingerprint density at radius 2 is 0.974 bits per heavy atom. The Kier molecular flexibility index (Phi) is 5.35. The molecule has 0 aliphatic heterocycles. The summed E-state index contributed by atoms with van der Waals surface area (Å²) in [6.45, 7) is 9.13. The number of hydrogen-bond acceptors (Lipinski definition) is 0. The van der Waals surface area contributed by atoms with Gasteiger partial charge in [0.05, 0.1) is 0 Å². The van der Waals surface area contributed by atoms with Crippen LogP contribution in [0.4, 0.5) is 0 Å². The molecule has 39 heavy (non-hydrogen) atoms. The molecule has 0 unspecified atom stereocenters. The van der Waals surface area contributed by atoms with Crippen molar-refractivity contribution in [3.8, 4) is 44.5 Å². The Morgan fingerprint density at radius 3 is 1.77 bits per heavy atom. The van der Waals surface area contributed by atoms with E-state index in [1.165, 1.54) is 77.5 Å². The lowest BCUT2D eigenvalue weighted by atomic mass is 9.81. The minimum absolute atomic E-state index is 0.0123. The molecule has 0 heterocycles. The summed E-state index contributed by atoms with van der Waals surface area (Å²) in [5.41, 5.74) is 15.9. The number of aryl methyl sites for hydroxylation is 1. The zero-order chi connectivity index (χ0) is 26.7. The van der Waals surface area contributed by atoms with Crippen LogP contribution in [0.2, 0.25) is 0 Å². The van der Waals surface area contributed by atoms with Crippen molar-refractivity contribution in [1.82, 2.24) is 0 Å². The average molecular weight is 501 g/mol. The van der Waals surface area contributed by atoms with E-state index in [0.717, 1.165) is 0 Å². The third kappa shape index (κ3) is 3.74. The average Bonchev–Trinajstić information content (AvgIpc) is 3.19. The normalized spacial score (nSPS) is 13.3. The van der Waals surface area contributed by atoms with E-state index in [1.807, 2.05) is 0 Å². The van der Waals surface area contributed by atoms with Gasteiger partial charge in [0.15, 0.2) is 0 Å². The Bertz CT molecular complexity index is 1900. The minimum atomic E-state index is 0.0123. The highest BCUT2D eigenvalue weighted by Gasteiger charge is 2.35. The van der Waals surface area contributed by atoms with E-state index in [4.69, 9.17) is 0 Å². The Balaban J connectivity index is 1.27. The van der Waals surface area contributed by atoms with Gasteiger partial charge >= 0.3 is 0 Å². The summed E-state index contributed by atoms with van der Waals surface area (Å²) in [6, 6.07) is 45.0. The molecule has 0 bridgehead atoms. The van der Waals surface area contributed by atoms with Crippen LogP contribution >= 0.6 is 0 Å². The van der Waals surface area contributed by atoms with Crippen LogP contribution in [0.15, 0.2) is 121 Å². The first-order chi connectivity index (χ1) is 18.9. The Hall–Kier alpha value is -4.42. The van der Waals surface area contributed by atoms with Crippen molar-refractivity contribution in [2.24, 2.45) is 0 Å². The van der Waals surface area contributed by atoms with Gasteiger partial charge in [-0.3, -0.25) is 0 Å². The molecule has 0 radical (unpaired) electrons. The van der Waals surface area contributed by atoms with Crippen molar-refractivity contribution in [3.05, 3.63) is 144 Å². The summed E-state index contributed by atoms with van der Waals surface area (Å²) >= 11 is 0. The quantitative estimate of drug-likeness (QED) is 0.227. The SMILES string of the molecule is Cc1ccccc1-c1cccc(-c2ccc3cc(-c4ccc5c(c4)C(C)(C)c4ccccc4-5)ccc3c2)c1C. The second-order valence-corrected chi connectivity index (χ2v) is 11.5. The van der Waals surface area contributed by atoms with E-state index in [1.54, 1.807) is 0 Å². The maximum atomic E-state index is 2.41.